The molecule has 13 heavy (non-hydrogen) atoms. The second kappa shape index (κ2) is 4.64. The van der Waals surface area contributed by atoms with Crippen LogP contribution in [0.25, 0.3) is 0 Å². The number of hydrogen-bond donors (Lipinski definition) is 0. The number of benzene rings is 1. The molecule has 72 valence electrons. The van der Waals surface area contributed by atoms with Crippen LogP contribution in [0.15, 0.2) is 18.2 Å². The van der Waals surface area contributed by atoms with E-state index in [1.807, 2.05) is 0 Å². The van der Waals surface area contributed by atoms with Gasteiger partial charge in [0.05, 0.1) is 7.11 Å². The van der Waals surface area contributed by atoms with E-state index < -0.39 is 12.5 Å². The maximum absolute atomic E-state index is 12.7. The molecule has 0 atom stereocenters. The third kappa shape index (κ3) is 2.57. The van der Waals surface area contributed by atoms with Gasteiger partial charge in [-0.2, -0.15) is 0 Å². The number of alkyl halides is 1. The van der Waals surface area contributed by atoms with Crippen molar-refractivity contribution in [3.63, 3.8) is 0 Å². The van der Waals surface area contributed by atoms with Gasteiger partial charge in [-0.25, -0.2) is 8.78 Å². The molecule has 4 heteroatoms. The van der Waals surface area contributed by atoms with E-state index in [4.69, 9.17) is 9.47 Å². The molecule has 0 fully saturated rings. The van der Waals surface area contributed by atoms with Gasteiger partial charge in [0.1, 0.15) is 19.1 Å². The van der Waals surface area contributed by atoms with Crippen LogP contribution in [-0.2, 0) is 0 Å². The van der Waals surface area contributed by atoms with Crippen LogP contribution in [0.3, 0.4) is 0 Å². The maximum Gasteiger partial charge on any atom is 0.164 e. The van der Waals surface area contributed by atoms with Gasteiger partial charge >= 0.3 is 0 Å². The average Bonchev–Trinajstić information content (AvgIpc) is 2.15. The Morgan fingerprint density at radius 3 is 2.69 bits per heavy atom. The second-order valence-electron chi connectivity index (χ2n) is 2.33. The van der Waals surface area contributed by atoms with Gasteiger partial charge in [-0.15, -0.1) is 0 Å². The Hall–Kier alpha value is -1.32. The smallest absolute Gasteiger partial charge is 0.164 e. The van der Waals surface area contributed by atoms with Gasteiger partial charge in [0.15, 0.2) is 11.5 Å². The summed E-state index contributed by atoms with van der Waals surface area (Å²) in [6, 6.07) is 3.85. The van der Waals surface area contributed by atoms with E-state index in [1.54, 1.807) is 0 Å². The molecule has 0 amide bonds. The SMILES string of the molecule is COc1ccc(F)cc1OCCF. The topological polar surface area (TPSA) is 18.5 Å². The lowest BCUT2D eigenvalue weighted by atomic mass is 10.3. The summed E-state index contributed by atoms with van der Waals surface area (Å²) in [6.07, 6.45) is 0. The van der Waals surface area contributed by atoms with Gasteiger partial charge in [0, 0.05) is 6.07 Å². The summed E-state index contributed by atoms with van der Waals surface area (Å²) in [5.41, 5.74) is 0. The molecule has 0 radical (unpaired) electrons. The molecule has 1 aromatic rings. The van der Waals surface area contributed by atoms with Gasteiger partial charge in [0.2, 0.25) is 0 Å². The van der Waals surface area contributed by atoms with Crippen LogP contribution in [0.2, 0.25) is 0 Å². The first-order valence-electron chi connectivity index (χ1n) is 3.80. The molecule has 0 saturated heterocycles. The molecule has 0 aromatic heterocycles. The highest BCUT2D eigenvalue weighted by Gasteiger charge is 2.04. The van der Waals surface area contributed by atoms with Crippen molar-refractivity contribution in [3.8, 4) is 11.5 Å². The van der Waals surface area contributed by atoms with Crippen molar-refractivity contribution in [2.45, 2.75) is 0 Å². The molecule has 0 aliphatic carbocycles. The largest absolute Gasteiger partial charge is 0.493 e. The first-order chi connectivity index (χ1) is 6.27. The van der Waals surface area contributed by atoms with Crippen molar-refractivity contribution in [2.75, 3.05) is 20.4 Å². The number of rotatable bonds is 4. The molecule has 0 aliphatic heterocycles. The summed E-state index contributed by atoms with van der Waals surface area (Å²) < 4.78 is 34.2. The van der Waals surface area contributed by atoms with E-state index in [0.29, 0.717) is 5.75 Å². The van der Waals surface area contributed by atoms with Crippen molar-refractivity contribution < 1.29 is 18.3 Å². The molecular weight excluding hydrogens is 178 g/mol. The fraction of sp³-hybridized carbons (Fsp3) is 0.333. The molecule has 0 spiro atoms. The Balaban J connectivity index is 2.81. The number of ether oxygens (including phenoxy) is 2. The molecule has 1 rings (SSSR count). The summed E-state index contributed by atoms with van der Waals surface area (Å²) in [4.78, 5) is 0. The first-order valence-corrected chi connectivity index (χ1v) is 3.80. The lowest BCUT2D eigenvalue weighted by Crippen LogP contribution is -2.00. The Kier molecular flexibility index (Phi) is 3.49. The summed E-state index contributed by atoms with van der Waals surface area (Å²) in [5, 5.41) is 0. The Labute approximate surface area is 75.1 Å². The fourth-order valence-corrected chi connectivity index (χ4v) is 0.912. The van der Waals surface area contributed by atoms with Gasteiger partial charge in [-0.05, 0) is 12.1 Å². The van der Waals surface area contributed by atoms with Crippen LogP contribution in [0.5, 0.6) is 11.5 Å². The highest BCUT2D eigenvalue weighted by molar-refractivity contribution is 5.39. The fourth-order valence-electron chi connectivity index (χ4n) is 0.912. The van der Waals surface area contributed by atoms with Gasteiger partial charge < -0.3 is 9.47 Å². The van der Waals surface area contributed by atoms with Crippen molar-refractivity contribution in [1.29, 1.82) is 0 Å². The summed E-state index contributed by atoms with van der Waals surface area (Å²) in [5.74, 6) is 0.185. The lowest BCUT2D eigenvalue weighted by molar-refractivity contribution is 0.259. The predicted molar refractivity (Wildman–Crippen MR) is 44.4 cm³/mol. The Morgan fingerprint density at radius 1 is 1.31 bits per heavy atom. The third-order valence-corrected chi connectivity index (χ3v) is 1.46. The van der Waals surface area contributed by atoms with Crippen LogP contribution >= 0.6 is 0 Å². The van der Waals surface area contributed by atoms with E-state index >= 15 is 0 Å². The van der Waals surface area contributed by atoms with E-state index in [1.165, 1.54) is 19.2 Å². The zero-order valence-corrected chi connectivity index (χ0v) is 7.22. The number of halogens is 2. The van der Waals surface area contributed by atoms with Gasteiger partial charge in [-0.3, -0.25) is 0 Å². The van der Waals surface area contributed by atoms with E-state index in [2.05, 4.69) is 0 Å². The monoisotopic (exact) mass is 188 g/mol. The minimum Gasteiger partial charge on any atom is -0.493 e. The Bertz CT molecular complexity index is 276. The quantitative estimate of drug-likeness (QED) is 0.721. The van der Waals surface area contributed by atoms with Crippen LogP contribution in [0.1, 0.15) is 0 Å². The minimum absolute atomic E-state index is 0.0974. The molecule has 0 N–H and O–H groups in total. The van der Waals surface area contributed by atoms with E-state index in [0.717, 1.165) is 6.07 Å². The molecule has 0 aliphatic rings. The second-order valence-corrected chi connectivity index (χ2v) is 2.33. The Morgan fingerprint density at radius 2 is 2.08 bits per heavy atom. The highest BCUT2D eigenvalue weighted by atomic mass is 19.1. The summed E-state index contributed by atoms with van der Waals surface area (Å²) in [7, 11) is 1.44. The molecular formula is C9H10F2O2. The minimum atomic E-state index is -0.611. The van der Waals surface area contributed by atoms with E-state index in [9.17, 15) is 8.78 Å². The molecule has 2 nitrogen and oxygen atoms in total. The number of hydrogen-bond acceptors (Lipinski definition) is 2. The van der Waals surface area contributed by atoms with Crippen molar-refractivity contribution in [1.82, 2.24) is 0 Å². The maximum atomic E-state index is 12.7. The van der Waals surface area contributed by atoms with Crippen molar-refractivity contribution in [3.05, 3.63) is 24.0 Å². The highest BCUT2D eigenvalue weighted by Crippen LogP contribution is 2.27. The van der Waals surface area contributed by atoms with Crippen LogP contribution in [-0.4, -0.2) is 20.4 Å². The summed E-state index contributed by atoms with van der Waals surface area (Å²) >= 11 is 0. The summed E-state index contributed by atoms with van der Waals surface area (Å²) in [6.45, 7) is -0.709. The van der Waals surface area contributed by atoms with Gasteiger partial charge in [-0.1, -0.05) is 0 Å². The van der Waals surface area contributed by atoms with Crippen LogP contribution in [0, 0.1) is 5.82 Å². The third-order valence-electron chi connectivity index (χ3n) is 1.46. The number of methoxy groups -OCH3 is 1. The van der Waals surface area contributed by atoms with Gasteiger partial charge in [0.25, 0.3) is 0 Å². The first kappa shape index (κ1) is 9.77. The molecule has 0 heterocycles. The van der Waals surface area contributed by atoms with Crippen molar-refractivity contribution >= 4 is 0 Å². The van der Waals surface area contributed by atoms with Crippen LogP contribution in [0.4, 0.5) is 8.78 Å². The molecule has 0 unspecified atom stereocenters. The van der Waals surface area contributed by atoms with Crippen LogP contribution < -0.4 is 9.47 Å². The van der Waals surface area contributed by atoms with E-state index in [-0.39, 0.29) is 12.4 Å². The molecule has 0 bridgehead atoms. The molecule has 1 aromatic carbocycles. The zero-order chi connectivity index (χ0) is 9.68. The zero-order valence-electron chi connectivity index (χ0n) is 7.22. The standard InChI is InChI=1S/C9H10F2O2/c1-12-8-3-2-7(11)6-9(8)13-5-4-10/h2-3,6H,4-5H2,1H3. The predicted octanol–water partition coefficient (Wildman–Crippen LogP) is 2.18. The lowest BCUT2D eigenvalue weighted by Gasteiger charge is -2.08. The van der Waals surface area contributed by atoms with Crippen molar-refractivity contribution in [2.24, 2.45) is 0 Å². The molecule has 0 saturated carbocycles. The normalized spacial score (nSPS) is 9.77. The average molecular weight is 188 g/mol.